The average molecular weight is 375 g/mol. The molecule has 1 amide bonds. The van der Waals surface area contributed by atoms with E-state index in [0.29, 0.717) is 12.3 Å². The van der Waals surface area contributed by atoms with E-state index >= 15 is 0 Å². The standard InChI is InChI=1S/C23H25N3O2/c1-3-28-20-13-11-18(12-14-20)22-10-7-15-25(22)23(27)21-16-17(2)26(24-21)19-8-5-4-6-9-19/h4-6,8-9,11-14,16,22H,3,7,10,15H2,1-2H3. The van der Waals surface area contributed by atoms with Gasteiger partial charge in [0.05, 0.1) is 18.3 Å². The molecule has 28 heavy (non-hydrogen) atoms. The van der Waals surface area contributed by atoms with Crippen LogP contribution in [0.4, 0.5) is 0 Å². The van der Waals surface area contributed by atoms with E-state index < -0.39 is 0 Å². The highest BCUT2D eigenvalue weighted by atomic mass is 16.5. The Kier molecular flexibility index (Phi) is 5.15. The van der Waals surface area contributed by atoms with Crippen LogP contribution in [0.3, 0.4) is 0 Å². The van der Waals surface area contributed by atoms with Gasteiger partial charge in [0, 0.05) is 12.2 Å². The molecule has 5 nitrogen and oxygen atoms in total. The highest BCUT2D eigenvalue weighted by molar-refractivity contribution is 5.93. The Morgan fingerprint density at radius 3 is 2.61 bits per heavy atom. The number of amides is 1. The Hall–Kier alpha value is -3.08. The molecule has 1 saturated heterocycles. The molecule has 3 aromatic rings. The van der Waals surface area contributed by atoms with Crippen molar-refractivity contribution in [2.24, 2.45) is 0 Å². The predicted molar refractivity (Wildman–Crippen MR) is 109 cm³/mol. The molecule has 1 atom stereocenters. The first-order valence-corrected chi connectivity index (χ1v) is 9.83. The first-order valence-electron chi connectivity index (χ1n) is 9.83. The fraction of sp³-hybridized carbons (Fsp3) is 0.304. The zero-order valence-electron chi connectivity index (χ0n) is 16.3. The molecule has 144 valence electrons. The lowest BCUT2D eigenvalue weighted by molar-refractivity contribution is 0.0729. The van der Waals surface area contributed by atoms with E-state index in [9.17, 15) is 4.79 Å². The summed E-state index contributed by atoms with van der Waals surface area (Å²) in [6.45, 7) is 5.36. The molecule has 2 aromatic carbocycles. The molecule has 1 fully saturated rings. The van der Waals surface area contributed by atoms with Crippen LogP contribution in [0, 0.1) is 6.92 Å². The third-order valence-corrected chi connectivity index (χ3v) is 5.20. The number of hydrogen-bond acceptors (Lipinski definition) is 3. The summed E-state index contributed by atoms with van der Waals surface area (Å²) in [4.78, 5) is 15.2. The maximum Gasteiger partial charge on any atom is 0.274 e. The molecular weight excluding hydrogens is 350 g/mol. The Balaban J connectivity index is 1.57. The largest absolute Gasteiger partial charge is 0.494 e. The third kappa shape index (κ3) is 3.52. The second-order valence-electron chi connectivity index (χ2n) is 7.08. The topological polar surface area (TPSA) is 47.4 Å². The smallest absolute Gasteiger partial charge is 0.274 e. The van der Waals surface area contributed by atoms with Crippen LogP contribution in [0.25, 0.3) is 5.69 Å². The van der Waals surface area contributed by atoms with E-state index in [1.807, 2.05) is 72.0 Å². The molecule has 0 saturated carbocycles. The zero-order valence-corrected chi connectivity index (χ0v) is 16.3. The second-order valence-corrected chi connectivity index (χ2v) is 7.08. The van der Waals surface area contributed by atoms with E-state index in [1.54, 1.807) is 0 Å². The number of ether oxygens (including phenoxy) is 1. The van der Waals surface area contributed by atoms with Gasteiger partial charge in [0.1, 0.15) is 5.75 Å². The van der Waals surface area contributed by atoms with Gasteiger partial charge in [-0.1, -0.05) is 30.3 Å². The van der Waals surface area contributed by atoms with Crippen molar-refractivity contribution in [1.29, 1.82) is 0 Å². The summed E-state index contributed by atoms with van der Waals surface area (Å²) in [5, 5.41) is 4.60. The van der Waals surface area contributed by atoms with Gasteiger partial charge in [-0.3, -0.25) is 4.79 Å². The summed E-state index contributed by atoms with van der Waals surface area (Å²) in [6, 6.07) is 20.0. The number of aryl methyl sites for hydroxylation is 1. The highest BCUT2D eigenvalue weighted by Gasteiger charge is 2.32. The van der Waals surface area contributed by atoms with Crippen LogP contribution < -0.4 is 4.74 Å². The Morgan fingerprint density at radius 2 is 1.89 bits per heavy atom. The van der Waals surface area contributed by atoms with Gasteiger partial charge in [-0.2, -0.15) is 5.10 Å². The predicted octanol–water partition coefficient (Wildman–Crippen LogP) is 4.56. The minimum atomic E-state index is -0.00540. The number of rotatable bonds is 5. The average Bonchev–Trinajstić information content (AvgIpc) is 3.36. The van der Waals surface area contributed by atoms with Gasteiger partial charge < -0.3 is 9.64 Å². The number of carbonyl (C=O) groups is 1. The van der Waals surface area contributed by atoms with Gasteiger partial charge in [-0.05, 0) is 62.6 Å². The van der Waals surface area contributed by atoms with Crippen molar-refractivity contribution in [3.8, 4) is 11.4 Å². The quantitative estimate of drug-likeness (QED) is 0.657. The van der Waals surface area contributed by atoms with Gasteiger partial charge in [0.2, 0.25) is 0 Å². The van der Waals surface area contributed by atoms with Crippen molar-refractivity contribution in [3.63, 3.8) is 0 Å². The monoisotopic (exact) mass is 375 g/mol. The molecule has 5 heteroatoms. The summed E-state index contributed by atoms with van der Waals surface area (Å²) < 4.78 is 7.36. The Morgan fingerprint density at radius 1 is 1.14 bits per heavy atom. The van der Waals surface area contributed by atoms with E-state index in [2.05, 4.69) is 17.2 Å². The van der Waals surface area contributed by atoms with E-state index in [4.69, 9.17) is 4.74 Å². The van der Waals surface area contributed by atoms with Crippen LogP contribution in [-0.4, -0.2) is 33.7 Å². The summed E-state index contributed by atoms with van der Waals surface area (Å²) in [7, 11) is 0. The van der Waals surface area contributed by atoms with Crippen LogP contribution in [-0.2, 0) is 0 Å². The molecule has 1 aliphatic rings. The summed E-state index contributed by atoms with van der Waals surface area (Å²) in [5.41, 5.74) is 3.56. The van der Waals surface area contributed by atoms with Crippen LogP contribution >= 0.6 is 0 Å². The Bertz CT molecular complexity index is 948. The molecule has 0 bridgehead atoms. The van der Waals surface area contributed by atoms with E-state index in [0.717, 1.165) is 42.1 Å². The van der Waals surface area contributed by atoms with Crippen LogP contribution in [0.5, 0.6) is 5.75 Å². The molecule has 0 spiro atoms. The van der Waals surface area contributed by atoms with Gasteiger partial charge in [-0.15, -0.1) is 0 Å². The molecule has 4 rings (SSSR count). The second kappa shape index (κ2) is 7.89. The molecule has 2 heterocycles. The fourth-order valence-corrected chi connectivity index (χ4v) is 3.87. The minimum absolute atomic E-state index is 0.00540. The van der Waals surface area contributed by atoms with Crippen molar-refractivity contribution in [2.75, 3.05) is 13.2 Å². The third-order valence-electron chi connectivity index (χ3n) is 5.20. The fourth-order valence-electron chi connectivity index (χ4n) is 3.87. The molecule has 1 unspecified atom stereocenters. The molecule has 0 aliphatic carbocycles. The number of likely N-dealkylation sites (tertiary alicyclic amines) is 1. The van der Waals surface area contributed by atoms with Gasteiger partial charge >= 0.3 is 0 Å². The maximum atomic E-state index is 13.2. The molecular formula is C23H25N3O2. The van der Waals surface area contributed by atoms with E-state index in [-0.39, 0.29) is 11.9 Å². The lowest BCUT2D eigenvalue weighted by Crippen LogP contribution is -2.31. The van der Waals surface area contributed by atoms with Crippen LogP contribution in [0.15, 0.2) is 60.7 Å². The van der Waals surface area contributed by atoms with Crippen molar-refractivity contribution < 1.29 is 9.53 Å². The number of nitrogens with zero attached hydrogens (tertiary/aromatic N) is 3. The molecule has 1 aromatic heterocycles. The van der Waals surface area contributed by atoms with Gasteiger partial charge in [0.25, 0.3) is 5.91 Å². The lowest BCUT2D eigenvalue weighted by atomic mass is 10.0. The number of hydrogen-bond donors (Lipinski definition) is 0. The van der Waals surface area contributed by atoms with Gasteiger partial charge in [0.15, 0.2) is 5.69 Å². The number of carbonyl (C=O) groups excluding carboxylic acids is 1. The van der Waals surface area contributed by atoms with Crippen molar-refractivity contribution in [2.45, 2.75) is 32.7 Å². The first kappa shape index (κ1) is 18.3. The maximum absolute atomic E-state index is 13.2. The number of benzene rings is 2. The van der Waals surface area contributed by atoms with E-state index in [1.165, 1.54) is 0 Å². The number of para-hydroxylation sites is 1. The summed E-state index contributed by atoms with van der Waals surface area (Å²) in [5.74, 6) is 0.855. The first-order chi connectivity index (χ1) is 13.7. The summed E-state index contributed by atoms with van der Waals surface area (Å²) >= 11 is 0. The lowest BCUT2D eigenvalue weighted by Gasteiger charge is -2.24. The zero-order chi connectivity index (χ0) is 19.5. The van der Waals surface area contributed by atoms with Crippen LogP contribution in [0.2, 0.25) is 0 Å². The highest BCUT2D eigenvalue weighted by Crippen LogP contribution is 2.34. The normalized spacial score (nSPS) is 16.4. The molecule has 1 aliphatic heterocycles. The molecule has 0 radical (unpaired) electrons. The van der Waals surface area contributed by atoms with Crippen molar-refractivity contribution >= 4 is 5.91 Å². The Labute approximate surface area is 165 Å². The number of aromatic nitrogens is 2. The minimum Gasteiger partial charge on any atom is -0.494 e. The van der Waals surface area contributed by atoms with Crippen LogP contribution in [0.1, 0.15) is 47.6 Å². The summed E-state index contributed by atoms with van der Waals surface area (Å²) in [6.07, 6.45) is 1.97. The molecule has 0 N–H and O–H groups in total. The SMILES string of the molecule is CCOc1ccc(C2CCCN2C(=O)c2cc(C)n(-c3ccccc3)n2)cc1. The van der Waals surface area contributed by atoms with Crippen molar-refractivity contribution in [1.82, 2.24) is 14.7 Å². The van der Waals surface area contributed by atoms with Crippen molar-refractivity contribution in [3.05, 3.63) is 77.6 Å². The van der Waals surface area contributed by atoms with Gasteiger partial charge in [-0.25, -0.2) is 4.68 Å².